The molecule has 2 nitrogen and oxygen atoms in total. The zero-order valence-electron chi connectivity index (χ0n) is 32.3. The van der Waals surface area contributed by atoms with Gasteiger partial charge < -0.3 is 0 Å². The SMILES string of the molecule is c1ccc(-c2cc(-c3ccc(-c4cccc(-c5ccc6c(c5)C(c5ccccc5)(c5ccccc5)c5ccccc5-6)c4)c4ccccc34)nc(-c3ccccc3)n2)cc1. The van der Waals surface area contributed by atoms with Crippen LogP contribution >= 0.6 is 0 Å². The van der Waals surface area contributed by atoms with Crippen LogP contribution in [-0.2, 0) is 5.41 Å². The van der Waals surface area contributed by atoms with Gasteiger partial charge in [-0.05, 0) is 84.6 Å². The quantitative estimate of drug-likeness (QED) is 0.162. The molecule has 0 amide bonds. The average Bonchev–Trinajstić information content (AvgIpc) is 3.62. The predicted octanol–water partition coefficient (Wildman–Crippen LogP) is 14.3. The summed E-state index contributed by atoms with van der Waals surface area (Å²) in [6.45, 7) is 0. The van der Waals surface area contributed by atoms with Crippen LogP contribution < -0.4 is 0 Å². The molecule has 1 aromatic heterocycles. The first-order chi connectivity index (χ1) is 29.3. The molecular formula is C57H38N2. The fourth-order valence-corrected chi connectivity index (χ4v) is 9.32. The number of hydrogen-bond acceptors (Lipinski definition) is 2. The molecule has 0 saturated heterocycles. The molecule has 0 unspecified atom stereocenters. The number of hydrogen-bond donors (Lipinski definition) is 0. The van der Waals surface area contributed by atoms with Crippen LogP contribution in [0, 0.1) is 0 Å². The molecule has 0 bridgehead atoms. The molecule has 0 radical (unpaired) electrons. The first-order valence-electron chi connectivity index (χ1n) is 20.2. The second-order valence-corrected chi connectivity index (χ2v) is 15.3. The van der Waals surface area contributed by atoms with E-state index in [9.17, 15) is 0 Å². The molecule has 59 heavy (non-hydrogen) atoms. The van der Waals surface area contributed by atoms with Crippen LogP contribution in [0.4, 0.5) is 0 Å². The minimum atomic E-state index is -0.449. The highest BCUT2D eigenvalue weighted by atomic mass is 14.9. The highest BCUT2D eigenvalue weighted by Crippen LogP contribution is 2.56. The fourth-order valence-electron chi connectivity index (χ4n) is 9.32. The summed E-state index contributed by atoms with van der Waals surface area (Å²) in [7, 11) is 0. The van der Waals surface area contributed by atoms with Gasteiger partial charge in [0.2, 0.25) is 0 Å². The molecular weight excluding hydrogens is 713 g/mol. The summed E-state index contributed by atoms with van der Waals surface area (Å²) in [6.07, 6.45) is 0. The molecule has 2 heteroatoms. The van der Waals surface area contributed by atoms with Gasteiger partial charge in [-0.15, -0.1) is 0 Å². The molecule has 9 aromatic carbocycles. The standard InChI is InChI=1S/C57H38N2/c1-5-18-39(19-6-1)54-38-55(59-56(58-54)40-20-7-2-8-21-40)51-35-34-46(47-28-13-14-29-48(47)51)43-23-17-22-41(36-43)42-32-33-50-49-30-15-16-31-52(49)57(53(50)37-42,44-24-9-3-10-25-44)45-26-11-4-12-27-45/h1-38H. The Morgan fingerprint density at radius 1 is 0.271 bits per heavy atom. The number of aromatic nitrogens is 2. The lowest BCUT2D eigenvalue weighted by Crippen LogP contribution is -2.28. The predicted molar refractivity (Wildman–Crippen MR) is 244 cm³/mol. The summed E-state index contributed by atoms with van der Waals surface area (Å²) in [6, 6.07) is 83.0. The van der Waals surface area contributed by atoms with Gasteiger partial charge in [0.1, 0.15) is 0 Å². The molecule has 11 rings (SSSR count). The Morgan fingerprint density at radius 2 is 0.763 bits per heavy atom. The summed E-state index contributed by atoms with van der Waals surface area (Å²) in [5.74, 6) is 0.712. The highest BCUT2D eigenvalue weighted by molar-refractivity contribution is 6.05. The Morgan fingerprint density at radius 3 is 1.47 bits per heavy atom. The largest absolute Gasteiger partial charge is 0.228 e. The number of nitrogens with zero attached hydrogens (tertiary/aromatic N) is 2. The summed E-state index contributed by atoms with van der Waals surface area (Å²) < 4.78 is 0. The lowest BCUT2D eigenvalue weighted by atomic mass is 9.67. The van der Waals surface area contributed by atoms with E-state index in [0.29, 0.717) is 5.82 Å². The third-order valence-corrected chi connectivity index (χ3v) is 12.0. The van der Waals surface area contributed by atoms with Crippen molar-refractivity contribution >= 4 is 10.8 Å². The maximum absolute atomic E-state index is 5.19. The molecule has 0 fully saturated rings. The van der Waals surface area contributed by atoms with Gasteiger partial charge in [-0.25, -0.2) is 9.97 Å². The van der Waals surface area contributed by atoms with Gasteiger partial charge in [0.05, 0.1) is 16.8 Å². The topological polar surface area (TPSA) is 25.8 Å². The van der Waals surface area contributed by atoms with Crippen molar-refractivity contribution in [2.45, 2.75) is 5.41 Å². The maximum Gasteiger partial charge on any atom is 0.160 e. The Kier molecular flexibility index (Phi) is 8.41. The van der Waals surface area contributed by atoms with Gasteiger partial charge in [0.15, 0.2) is 5.82 Å². The van der Waals surface area contributed by atoms with Crippen LogP contribution in [-0.4, -0.2) is 9.97 Å². The molecule has 0 N–H and O–H groups in total. The first kappa shape index (κ1) is 34.6. The average molecular weight is 751 g/mol. The van der Waals surface area contributed by atoms with Crippen LogP contribution in [0.25, 0.3) is 78.1 Å². The van der Waals surface area contributed by atoms with E-state index in [2.05, 4.69) is 206 Å². The smallest absolute Gasteiger partial charge is 0.160 e. The van der Waals surface area contributed by atoms with E-state index >= 15 is 0 Å². The third-order valence-electron chi connectivity index (χ3n) is 12.0. The Labute approximate surface area is 344 Å². The highest BCUT2D eigenvalue weighted by Gasteiger charge is 2.46. The van der Waals surface area contributed by atoms with Gasteiger partial charge >= 0.3 is 0 Å². The molecule has 10 aromatic rings. The normalized spacial score (nSPS) is 12.5. The maximum atomic E-state index is 5.19. The van der Waals surface area contributed by atoms with E-state index in [1.54, 1.807) is 0 Å². The van der Waals surface area contributed by atoms with Crippen molar-refractivity contribution in [3.63, 3.8) is 0 Å². The van der Waals surface area contributed by atoms with E-state index in [1.165, 1.54) is 61.0 Å². The van der Waals surface area contributed by atoms with Crippen LogP contribution in [0.5, 0.6) is 0 Å². The van der Waals surface area contributed by atoms with E-state index in [-0.39, 0.29) is 0 Å². The lowest BCUT2D eigenvalue weighted by Gasteiger charge is -2.34. The lowest BCUT2D eigenvalue weighted by molar-refractivity contribution is 0.769. The van der Waals surface area contributed by atoms with Crippen molar-refractivity contribution in [3.8, 4) is 67.3 Å². The van der Waals surface area contributed by atoms with Gasteiger partial charge in [0, 0.05) is 16.7 Å². The van der Waals surface area contributed by atoms with Crippen molar-refractivity contribution in [3.05, 3.63) is 253 Å². The summed E-state index contributed by atoms with van der Waals surface area (Å²) in [4.78, 5) is 10.2. The van der Waals surface area contributed by atoms with E-state index in [4.69, 9.17) is 9.97 Å². The first-order valence-corrected chi connectivity index (χ1v) is 20.2. The molecule has 1 aliphatic carbocycles. The molecule has 1 aliphatic rings. The van der Waals surface area contributed by atoms with Crippen LogP contribution in [0.1, 0.15) is 22.3 Å². The van der Waals surface area contributed by atoms with Crippen molar-refractivity contribution in [2.75, 3.05) is 0 Å². The van der Waals surface area contributed by atoms with E-state index in [1.807, 2.05) is 24.3 Å². The van der Waals surface area contributed by atoms with Gasteiger partial charge in [-0.2, -0.15) is 0 Å². The third kappa shape index (κ3) is 5.80. The Balaban J connectivity index is 1.05. The van der Waals surface area contributed by atoms with E-state index in [0.717, 1.165) is 33.5 Å². The van der Waals surface area contributed by atoms with Gasteiger partial charge in [-0.3, -0.25) is 0 Å². The Hall–Kier alpha value is -7.68. The van der Waals surface area contributed by atoms with E-state index < -0.39 is 5.41 Å². The second kappa shape index (κ2) is 14.4. The molecule has 0 spiro atoms. The van der Waals surface area contributed by atoms with Crippen molar-refractivity contribution in [2.24, 2.45) is 0 Å². The molecule has 0 aliphatic heterocycles. The number of benzene rings is 9. The molecule has 0 saturated carbocycles. The van der Waals surface area contributed by atoms with Gasteiger partial charge in [-0.1, -0.05) is 212 Å². The minimum absolute atomic E-state index is 0.449. The summed E-state index contributed by atoms with van der Waals surface area (Å²) >= 11 is 0. The summed E-state index contributed by atoms with van der Waals surface area (Å²) in [5, 5.41) is 2.33. The van der Waals surface area contributed by atoms with Crippen LogP contribution in [0.15, 0.2) is 231 Å². The van der Waals surface area contributed by atoms with Gasteiger partial charge in [0.25, 0.3) is 0 Å². The van der Waals surface area contributed by atoms with Crippen molar-refractivity contribution < 1.29 is 0 Å². The number of fused-ring (bicyclic) bond motifs is 4. The van der Waals surface area contributed by atoms with Crippen LogP contribution in [0.3, 0.4) is 0 Å². The Bertz CT molecular complexity index is 3040. The molecule has 276 valence electrons. The van der Waals surface area contributed by atoms with Crippen molar-refractivity contribution in [1.82, 2.24) is 9.97 Å². The number of rotatable bonds is 7. The molecule has 0 atom stereocenters. The zero-order chi connectivity index (χ0) is 39.2. The second-order valence-electron chi connectivity index (χ2n) is 15.3. The van der Waals surface area contributed by atoms with Crippen LogP contribution in [0.2, 0.25) is 0 Å². The monoisotopic (exact) mass is 750 g/mol. The minimum Gasteiger partial charge on any atom is -0.228 e. The summed E-state index contributed by atoms with van der Waals surface area (Å²) in [5.41, 5.74) is 16.9. The van der Waals surface area contributed by atoms with Crippen molar-refractivity contribution in [1.29, 1.82) is 0 Å². The zero-order valence-corrected chi connectivity index (χ0v) is 32.3. The molecule has 1 heterocycles. The fraction of sp³-hybridized carbons (Fsp3) is 0.0175.